The standard InChI is InChI=1S/C17H23N7O/c1-23-13-6-5-12(9-11(13)10-20-16(23)25)24-15(19)21-14(18)22-17(24)7-3-2-4-8-17/h5-6,9H,2-4,7-8,10H2,1H3,(H,20,25)(H4,18,19,21,22). The lowest BCUT2D eigenvalue weighted by Gasteiger charge is -2.46. The van der Waals surface area contributed by atoms with Crippen LogP contribution in [0.5, 0.6) is 0 Å². The topological polar surface area (TPSA) is 112 Å². The second-order valence-electron chi connectivity index (χ2n) is 6.85. The summed E-state index contributed by atoms with van der Waals surface area (Å²) in [6.45, 7) is 0.496. The zero-order chi connectivity index (χ0) is 17.6. The lowest BCUT2D eigenvalue weighted by molar-refractivity contribution is 0.246. The highest BCUT2D eigenvalue weighted by Crippen LogP contribution is 2.40. The zero-order valence-corrected chi connectivity index (χ0v) is 14.3. The Morgan fingerprint density at radius 2 is 1.96 bits per heavy atom. The molecule has 2 aliphatic heterocycles. The van der Waals surface area contributed by atoms with Gasteiger partial charge >= 0.3 is 6.03 Å². The van der Waals surface area contributed by atoms with Crippen molar-refractivity contribution in [2.75, 3.05) is 16.8 Å². The third-order valence-corrected chi connectivity index (χ3v) is 5.27. The quantitative estimate of drug-likeness (QED) is 0.717. The number of carbonyl (C=O) groups is 1. The fourth-order valence-electron chi connectivity index (χ4n) is 4.07. The number of carbonyl (C=O) groups excluding carboxylic acids is 1. The molecule has 0 radical (unpaired) electrons. The molecule has 1 aromatic rings. The Hall–Kier alpha value is -2.77. The molecule has 25 heavy (non-hydrogen) atoms. The molecule has 1 saturated carbocycles. The van der Waals surface area contributed by atoms with Gasteiger partial charge in [0.1, 0.15) is 5.66 Å². The lowest BCUT2D eigenvalue weighted by atomic mass is 9.87. The van der Waals surface area contributed by atoms with Crippen molar-refractivity contribution in [2.45, 2.75) is 44.3 Å². The zero-order valence-electron chi connectivity index (χ0n) is 14.3. The summed E-state index contributed by atoms with van der Waals surface area (Å²) in [6, 6.07) is 5.89. The molecule has 2 amide bonds. The van der Waals surface area contributed by atoms with E-state index in [0.717, 1.165) is 42.6 Å². The first-order valence-corrected chi connectivity index (χ1v) is 8.64. The maximum absolute atomic E-state index is 11.8. The van der Waals surface area contributed by atoms with Crippen LogP contribution in [-0.2, 0) is 6.54 Å². The SMILES string of the molecule is CN1C(=O)NCc2cc(N3C(N)=NC(N)=NC34CCCCC4)ccc21. The Bertz CT molecular complexity index is 779. The van der Waals surface area contributed by atoms with E-state index in [1.165, 1.54) is 6.42 Å². The first kappa shape index (κ1) is 15.7. The van der Waals surface area contributed by atoms with Gasteiger partial charge in [-0.2, -0.15) is 4.99 Å². The average Bonchev–Trinajstić information content (AvgIpc) is 2.58. The van der Waals surface area contributed by atoms with Crippen molar-refractivity contribution in [3.05, 3.63) is 23.8 Å². The van der Waals surface area contributed by atoms with Gasteiger partial charge in [-0.1, -0.05) is 6.42 Å². The molecular formula is C17H23N7O. The molecular weight excluding hydrogens is 318 g/mol. The van der Waals surface area contributed by atoms with E-state index in [1.807, 2.05) is 17.0 Å². The fraction of sp³-hybridized carbons (Fsp3) is 0.471. The highest BCUT2D eigenvalue weighted by Gasteiger charge is 2.42. The summed E-state index contributed by atoms with van der Waals surface area (Å²) in [7, 11) is 1.76. The molecule has 0 aromatic heterocycles. The molecule has 1 aliphatic carbocycles. The third-order valence-electron chi connectivity index (χ3n) is 5.27. The largest absolute Gasteiger partial charge is 0.369 e. The Labute approximate surface area is 146 Å². The summed E-state index contributed by atoms with van der Waals surface area (Å²) in [5.74, 6) is 0.628. The van der Waals surface area contributed by atoms with E-state index >= 15 is 0 Å². The van der Waals surface area contributed by atoms with Gasteiger partial charge in [-0.05, 0) is 49.4 Å². The van der Waals surface area contributed by atoms with Gasteiger partial charge in [0.15, 0.2) is 0 Å². The Kier molecular flexibility index (Phi) is 3.55. The first-order chi connectivity index (χ1) is 12.0. The van der Waals surface area contributed by atoms with Gasteiger partial charge in [0, 0.05) is 19.3 Å². The second-order valence-corrected chi connectivity index (χ2v) is 6.85. The molecule has 5 N–H and O–H groups in total. The molecule has 8 heteroatoms. The number of aliphatic imine (C=N–C) groups is 2. The normalized spacial score (nSPS) is 22.2. The van der Waals surface area contributed by atoms with Crippen LogP contribution in [-0.4, -0.2) is 30.7 Å². The van der Waals surface area contributed by atoms with Crippen LogP contribution in [0.15, 0.2) is 28.2 Å². The number of rotatable bonds is 1. The van der Waals surface area contributed by atoms with E-state index < -0.39 is 5.66 Å². The van der Waals surface area contributed by atoms with Crippen LogP contribution in [0.4, 0.5) is 16.2 Å². The van der Waals surface area contributed by atoms with Crippen molar-refractivity contribution in [1.82, 2.24) is 5.32 Å². The van der Waals surface area contributed by atoms with E-state index in [2.05, 4.69) is 16.4 Å². The molecule has 1 aromatic carbocycles. The number of nitrogens with two attached hydrogens (primary N) is 2. The van der Waals surface area contributed by atoms with E-state index in [1.54, 1.807) is 11.9 Å². The van der Waals surface area contributed by atoms with Gasteiger partial charge in [-0.15, -0.1) is 0 Å². The maximum Gasteiger partial charge on any atom is 0.321 e. The van der Waals surface area contributed by atoms with Crippen LogP contribution >= 0.6 is 0 Å². The van der Waals surface area contributed by atoms with E-state index in [9.17, 15) is 4.79 Å². The molecule has 0 saturated heterocycles. The van der Waals surface area contributed by atoms with Crippen molar-refractivity contribution < 1.29 is 4.79 Å². The minimum absolute atomic E-state index is 0.0968. The van der Waals surface area contributed by atoms with Gasteiger partial charge in [0.05, 0.1) is 5.69 Å². The minimum atomic E-state index is -0.452. The van der Waals surface area contributed by atoms with Gasteiger partial charge in [0.2, 0.25) is 11.9 Å². The lowest BCUT2D eigenvalue weighted by Crippen LogP contribution is -2.58. The van der Waals surface area contributed by atoms with Gasteiger partial charge in [0.25, 0.3) is 0 Å². The van der Waals surface area contributed by atoms with Crippen molar-refractivity contribution in [3.8, 4) is 0 Å². The molecule has 3 aliphatic rings. The number of urea groups is 1. The average molecular weight is 341 g/mol. The molecule has 1 fully saturated rings. The fourth-order valence-corrected chi connectivity index (χ4v) is 4.07. The van der Waals surface area contributed by atoms with Crippen LogP contribution < -0.4 is 26.6 Å². The van der Waals surface area contributed by atoms with E-state index in [-0.39, 0.29) is 12.0 Å². The van der Waals surface area contributed by atoms with Crippen molar-refractivity contribution in [1.29, 1.82) is 0 Å². The minimum Gasteiger partial charge on any atom is -0.369 e. The Balaban J connectivity index is 1.77. The molecule has 2 heterocycles. The number of hydrogen-bond acceptors (Lipinski definition) is 6. The molecule has 132 valence electrons. The molecule has 8 nitrogen and oxygen atoms in total. The summed E-state index contributed by atoms with van der Waals surface area (Å²) < 4.78 is 0. The maximum atomic E-state index is 11.8. The predicted octanol–water partition coefficient (Wildman–Crippen LogP) is 1.46. The van der Waals surface area contributed by atoms with Crippen LogP contribution in [0.2, 0.25) is 0 Å². The van der Waals surface area contributed by atoms with Crippen LogP contribution in [0.3, 0.4) is 0 Å². The van der Waals surface area contributed by atoms with Crippen molar-refractivity contribution in [2.24, 2.45) is 21.5 Å². The molecule has 1 spiro atoms. The predicted molar refractivity (Wildman–Crippen MR) is 98.6 cm³/mol. The summed E-state index contributed by atoms with van der Waals surface area (Å²) >= 11 is 0. The summed E-state index contributed by atoms with van der Waals surface area (Å²) in [5.41, 5.74) is 14.6. The molecule has 0 bridgehead atoms. The summed E-state index contributed by atoms with van der Waals surface area (Å²) in [6.07, 6.45) is 5.17. The number of benzene rings is 1. The number of guanidine groups is 2. The highest BCUT2D eigenvalue weighted by atomic mass is 16.2. The highest BCUT2D eigenvalue weighted by molar-refractivity contribution is 6.06. The van der Waals surface area contributed by atoms with Gasteiger partial charge in [-0.3, -0.25) is 9.80 Å². The van der Waals surface area contributed by atoms with Crippen LogP contribution in [0, 0.1) is 0 Å². The number of anilines is 2. The number of nitrogens with one attached hydrogen (secondary N) is 1. The summed E-state index contributed by atoms with van der Waals surface area (Å²) in [4.78, 5) is 24.3. The number of nitrogens with zero attached hydrogens (tertiary/aromatic N) is 4. The third kappa shape index (κ3) is 2.48. The van der Waals surface area contributed by atoms with E-state index in [0.29, 0.717) is 12.5 Å². The second kappa shape index (κ2) is 5.65. The Morgan fingerprint density at radius 1 is 1.20 bits per heavy atom. The van der Waals surface area contributed by atoms with E-state index in [4.69, 9.17) is 16.5 Å². The number of amides is 2. The van der Waals surface area contributed by atoms with Crippen LogP contribution in [0.1, 0.15) is 37.7 Å². The smallest absolute Gasteiger partial charge is 0.321 e. The summed E-state index contributed by atoms with van der Waals surface area (Å²) in [5, 5.41) is 2.87. The molecule has 0 atom stereocenters. The first-order valence-electron chi connectivity index (χ1n) is 8.64. The van der Waals surface area contributed by atoms with Crippen LogP contribution in [0.25, 0.3) is 0 Å². The van der Waals surface area contributed by atoms with Gasteiger partial charge < -0.3 is 16.8 Å². The number of fused-ring (bicyclic) bond motifs is 1. The van der Waals surface area contributed by atoms with Crippen molar-refractivity contribution >= 4 is 29.3 Å². The Morgan fingerprint density at radius 3 is 2.72 bits per heavy atom. The van der Waals surface area contributed by atoms with Gasteiger partial charge in [-0.25, -0.2) is 9.79 Å². The molecule has 4 rings (SSSR count). The van der Waals surface area contributed by atoms with Crippen molar-refractivity contribution in [3.63, 3.8) is 0 Å². The number of hydrogen-bond donors (Lipinski definition) is 3. The monoisotopic (exact) mass is 341 g/mol. The molecule has 0 unspecified atom stereocenters.